The summed E-state index contributed by atoms with van der Waals surface area (Å²) in [6, 6.07) is 15.1. The molecule has 0 heterocycles. The normalized spacial score (nSPS) is 12.8. The van der Waals surface area contributed by atoms with Crippen molar-refractivity contribution in [1.82, 2.24) is 10.0 Å². The van der Waals surface area contributed by atoms with Crippen molar-refractivity contribution >= 4 is 11.0 Å². The summed E-state index contributed by atoms with van der Waals surface area (Å²) in [5, 5.41) is 3.46. The van der Waals surface area contributed by atoms with Gasteiger partial charge in [0.15, 0.2) is 0 Å². The van der Waals surface area contributed by atoms with Gasteiger partial charge in [-0.05, 0) is 59.4 Å². The third kappa shape index (κ3) is 7.33. The second kappa shape index (κ2) is 12.4. The predicted octanol–water partition coefficient (Wildman–Crippen LogP) is 5.89. The van der Waals surface area contributed by atoms with Gasteiger partial charge in [-0.15, -0.1) is 0 Å². The van der Waals surface area contributed by atoms with Crippen molar-refractivity contribution in [3.05, 3.63) is 64.7 Å². The maximum atomic E-state index is 13.2. The van der Waals surface area contributed by atoms with Crippen LogP contribution in [0.4, 0.5) is 0 Å². The molecule has 1 unspecified atom stereocenters. The highest BCUT2D eigenvalue weighted by atomic mass is 32.2. The predicted molar refractivity (Wildman–Crippen MR) is 131 cm³/mol. The van der Waals surface area contributed by atoms with Gasteiger partial charge < -0.3 is 5.32 Å². The summed E-state index contributed by atoms with van der Waals surface area (Å²) in [5.41, 5.74) is 5.15. The Morgan fingerprint density at radius 1 is 0.800 bits per heavy atom. The molecule has 30 heavy (non-hydrogen) atoms. The van der Waals surface area contributed by atoms with Gasteiger partial charge in [-0.3, -0.25) is 0 Å². The van der Waals surface area contributed by atoms with Gasteiger partial charge in [0.2, 0.25) is 0 Å². The summed E-state index contributed by atoms with van der Waals surface area (Å²) in [5.74, 6) is 1.16. The van der Waals surface area contributed by atoms with Crippen LogP contribution in [0.5, 0.6) is 0 Å². The summed E-state index contributed by atoms with van der Waals surface area (Å²) >= 11 is 0. The molecular weight excluding hydrogens is 388 g/mol. The van der Waals surface area contributed by atoms with Crippen LogP contribution in [0.25, 0.3) is 0 Å². The van der Waals surface area contributed by atoms with Gasteiger partial charge in [-0.25, -0.2) is 8.93 Å². The average molecular weight is 429 g/mol. The molecule has 3 nitrogen and oxygen atoms in total. The fourth-order valence-corrected chi connectivity index (χ4v) is 5.04. The first-order valence-electron chi connectivity index (χ1n) is 11.4. The maximum absolute atomic E-state index is 13.2. The zero-order valence-electron chi connectivity index (χ0n) is 19.6. The first kappa shape index (κ1) is 24.8. The summed E-state index contributed by atoms with van der Waals surface area (Å²) in [6.07, 6.45) is 2.20. The molecule has 0 amide bonds. The van der Waals surface area contributed by atoms with E-state index in [1.807, 2.05) is 0 Å². The van der Waals surface area contributed by atoms with Gasteiger partial charge in [-0.2, -0.15) is 0 Å². The lowest BCUT2D eigenvalue weighted by molar-refractivity contribution is 0.630. The van der Waals surface area contributed by atoms with Gasteiger partial charge in [0.05, 0.1) is 4.90 Å². The van der Waals surface area contributed by atoms with Gasteiger partial charge in [0.1, 0.15) is 11.0 Å². The third-order valence-corrected chi connectivity index (χ3v) is 6.77. The van der Waals surface area contributed by atoms with Crippen molar-refractivity contribution in [2.45, 2.75) is 77.0 Å². The number of benzene rings is 2. The second-order valence-electron chi connectivity index (χ2n) is 8.99. The smallest absolute Gasteiger partial charge is 0.125 e. The van der Waals surface area contributed by atoms with Gasteiger partial charge in [-0.1, -0.05) is 84.0 Å². The van der Waals surface area contributed by atoms with Crippen LogP contribution in [0.1, 0.15) is 88.0 Å². The standard InChI is InChI=1S/C26H40N2OS/c1-19(2)23-17-24(20(3)4)26(25(18-23)21(5)6)30(29)28-16-15-27-14-10-13-22-11-8-7-9-12-22/h7-9,11-12,17-21,27-28H,10,13-16H2,1-6H3. The zero-order valence-corrected chi connectivity index (χ0v) is 20.4. The number of hydrogen-bond acceptors (Lipinski definition) is 2. The Morgan fingerprint density at radius 2 is 1.40 bits per heavy atom. The van der Waals surface area contributed by atoms with E-state index in [9.17, 15) is 4.21 Å². The molecule has 0 aliphatic heterocycles. The van der Waals surface area contributed by atoms with Crippen LogP contribution >= 0.6 is 0 Å². The van der Waals surface area contributed by atoms with Gasteiger partial charge in [0, 0.05) is 13.1 Å². The molecule has 1 atom stereocenters. The Labute approximate surface area is 186 Å². The molecule has 166 valence electrons. The van der Waals surface area contributed by atoms with Crippen LogP contribution in [-0.2, 0) is 17.4 Å². The number of nitrogens with one attached hydrogen (secondary N) is 2. The fourth-order valence-electron chi connectivity index (χ4n) is 3.60. The number of rotatable bonds is 12. The van der Waals surface area contributed by atoms with Crippen molar-refractivity contribution < 1.29 is 4.21 Å². The molecule has 2 aromatic carbocycles. The molecule has 0 aliphatic rings. The molecule has 0 bridgehead atoms. The third-order valence-electron chi connectivity index (χ3n) is 5.46. The molecule has 0 radical (unpaired) electrons. The minimum atomic E-state index is -1.20. The first-order valence-corrected chi connectivity index (χ1v) is 12.5. The molecule has 0 spiro atoms. The molecule has 2 N–H and O–H groups in total. The van der Waals surface area contributed by atoms with E-state index in [0.717, 1.165) is 30.8 Å². The molecular formula is C26H40N2OS. The molecule has 0 saturated heterocycles. The Hall–Kier alpha value is -1.49. The maximum Gasteiger partial charge on any atom is 0.125 e. The van der Waals surface area contributed by atoms with Crippen LogP contribution in [0.2, 0.25) is 0 Å². The van der Waals surface area contributed by atoms with Gasteiger partial charge >= 0.3 is 0 Å². The van der Waals surface area contributed by atoms with E-state index in [0.29, 0.717) is 24.3 Å². The first-order chi connectivity index (χ1) is 14.3. The van der Waals surface area contributed by atoms with Gasteiger partial charge in [0.25, 0.3) is 0 Å². The van der Waals surface area contributed by atoms with Crippen LogP contribution in [0.15, 0.2) is 47.4 Å². The minimum Gasteiger partial charge on any atom is -0.315 e. The van der Waals surface area contributed by atoms with Crippen LogP contribution < -0.4 is 10.0 Å². The largest absolute Gasteiger partial charge is 0.315 e. The van der Waals surface area contributed by atoms with E-state index in [2.05, 4.69) is 94.0 Å². The zero-order chi connectivity index (χ0) is 22.1. The van der Waals surface area contributed by atoms with E-state index < -0.39 is 11.0 Å². The van der Waals surface area contributed by atoms with E-state index in [1.54, 1.807) is 0 Å². The van der Waals surface area contributed by atoms with Crippen molar-refractivity contribution in [1.29, 1.82) is 0 Å². The van der Waals surface area contributed by atoms with Crippen molar-refractivity contribution in [3.63, 3.8) is 0 Å². The molecule has 0 fully saturated rings. The average Bonchev–Trinajstić information content (AvgIpc) is 2.72. The second-order valence-corrected chi connectivity index (χ2v) is 10.2. The molecule has 0 aliphatic carbocycles. The lowest BCUT2D eigenvalue weighted by atomic mass is 9.89. The molecule has 0 aromatic heterocycles. The Bertz CT molecular complexity index is 771. The monoisotopic (exact) mass is 428 g/mol. The van der Waals surface area contributed by atoms with Crippen LogP contribution in [0.3, 0.4) is 0 Å². The Kier molecular flexibility index (Phi) is 10.2. The van der Waals surface area contributed by atoms with Crippen molar-refractivity contribution in [2.75, 3.05) is 19.6 Å². The van der Waals surface area contributed by atoms with Crippen molar-refractivity contribution in [3.8, 4) is 0 Å². The molecule has 2 rings (SSSR count). The highest BCUT2D eigenvalue weighted by Crippen LogP contribution is 2.33. The lowest BCUT2D eigenvalue weighted by Gasteiger charge is -2.22. The fraction of sp³-hybridized carbons (Fsp3) is 0.538. The van der Waals surface area contributed by atoms with E-state index in [4.69, 9.17) is 0 Å². The quantitative estimate of drug-likeness (QED) is 0.414. The molecule has 2 aromatic rings. The Balaban J connectivity index is 1.92. The number of hydrogen-bond donors (Lipinski definition) is 2. The summed E-state index contributed by atoms with van der Waals surface area (Å²) in [7, 11) is -1.20. The minimum absolute atomic E-state index is 0.345. The van der Waals surface area contributed by atoms with Crippen molar-refractivity contribution in [2.24, 2.45) is 0 Å². The van der Waals surface area contributed by atoms with E-state index in [1.165, 1.54) is 22.3 Å². The highest BCUT2D eigenvalue weighted by molar-refractivity contribution is 7.83. The number of aryl methyl sites for hydroxylation is 1. The summed E-state index contributed by atoms with van der Waals surface area (Å²) in [6.45, 7) is 15.7. The summed E-state index contributed by atoms with van der Waals surface area (Å²) < 4.78 is 16.5. The van der Waals surface area contributed by atoms with E-state index >= 15 is 0 Å². The SMILES string of the molecule is CC(C)c1cc(C(C)C)c(S(=O)NCCNCCCc2ccccc2)c(C(C)C)c1. The summed E-state index contributed by atoms with van der Waals surface area (Å²) in [4.78, 5) is 0.994. The Morgan fingerprint density at radius 3 is 1.93 bits per heavy atom. The molecule has 0 saturated carbocycles. The molecule has 4 heteroatoms. The van der Waals surface area contributed by atoms with Crippen LogP contribution in [0, 0.1) is 0 Å². The van der Waals surface area contributed by atoms with Crippen LogP contribution in [-0.4, -0.2) is 23.8 Å². The van der Waals surface area contributed by atoms with E-state index in [-0.39, 0.29) is 0 Å². The lowest BCUT2D eigenvalue weighted by Crippen LogP contribution is -2.30. The topological polar surface area (TPSA) is 41.1 Å². The highest BCUT2D eigenvalue weighted by Gasteiger charge is 2.21.